The SMILES string of the molecule is CCCC(NC(=O)c1cc(-c2cc(C)oc2C)nc2onc(C)c12)C(=O)O. The second-order valence-electron chi connectivity index (χ2n) is 6.48. The van der Waals surface area contributed by atoms with Gasteiger partial charge < -0.3 is 19.4 Å². The summed E-state index contributed by atoms with van der Waals surface area (Å²) in [4.78, 5) is 28.7. The molecule has 3 aromatic heterocycles. The highest BCUT2D eigenvalue weighted by molar-refractivity contribution is 6.08. The highest BCUT2D eigenvalue weighted by Crippen LogP contribution is 2.30. The molecule has 1 amide bonds. The molecule has 8 heteroatoms. The van der Waals surface area contributed by atoms with Gasteiger partial charge in [0, 0.05) is 5.56 Å². The van der Waals surface area contributed by atoms with E-state index in [-0.39, 0.29) is 11.3 Å². The molecule has 0 saturated heterocycles. The average molecular weight is 371 g/mol. The molecule has 3 rings (SSSR count). The van der Waals surface area contributed by atoms with Crippen molar-refractivity contribution in [3.63, 3.8) is 0 Å². The summed E-state index contributed by atoms with van der Waals surface area (Å²) < 4.78 is 10.8. The summed E-state index contributed by atoms with van der Waals surface area (Å²) in [5.74, 6) is -0.192. The van der Waals surface area contributed by atoms with E-state index in [0.29, 0.717) is 35.4 Å². The van der Waals surface area contributed by atoms with Crippen LogP contribution in [0.3, 0.4) is 0 Å². The molecule has 0 bridgehead atoms. The Morgan fingerprint density at radius 1 is 1.26 bits per heavy atom. The number of carbonyl (C=O) groups excluding carboxylic acids is 1. The molecule has 1 atom stereocenters. The highest BCUT2D eigenvalue weighted by Gasteiger charge is 2.24. The van der Waals surface area contributed by atoms with E-state index in [9.17, 15) is 14.7 Å². The Morgan fingerprint density at radius 3 is 2.59 bits per heavy atom. The van der Waals surface area contributed by atoms with Gasteiger partial charge in [-0.05, 0) is 39.3 Å². The van der Waals surface area contributed by atoms with E-state index in [1.807, 2.05) is 19.9 Å². The van der Waals surface area contributed by atoms with Crippen LogP contribution in [-0.2, 0) is 4.79 Å². The lowest BCUT2D eigenvalue weighted by atomic mass is 10.0. The molecule has 0 aliphatic heterocycles. The summed E-state index contributed by atoms with van der Waals surface area (Å²) in [5.41, 5.74) is 2.24. The molecule has 1 unspecified atom stereocenters. The van der Waals surface area contributed by atoms with Gasteiger partial charge in [0.15, 0.2) is 0 Å². The maximum atomic E-state index is 12.9. The first-order valence-corrected chi connectivity index (χ1v) is 8.70. The van der Waals surface area contributed by atoms with Crippen molar-refractivity contribution in [2.75, 3.05) is 0 Å². The lowest BCUT2D eigenvalue weighted by molar-refractivity contribution is -0.139. The van der Waals surface area contributed by atoms with Crippen LogP contribution in [-0.4, -0.2) is 33.2 Å². The smallest absolute Gasteiger partial charge is 0.326 e. The molecule has 0 fully saturated rings. The van der Waals surface area contributed by atoms with Crippen molar-refractivity contribution in [2.24, 2.45) is 0 Å². The van der Waals surface area contributed by atoms with Crippen LogP contribution in [0.25, 0.3) is 22.4 Å². The first kappa shape index (κ1) is 18.6. The number of furan rings is 1. The number of aromatic nitrogens is 2. The second kappa shape index (κ2) is 7.22. The summed E-state index contributed by atoms with van der Waals surface area (Å²) in [6.07, 6.45) is 0.971. The number of aryl methyl sites for hydroxylation is 3. The maximum absolute atomic E-state index is 12.9. The number of carboxylic acids is 1. The van der Waals surface area contributed by atoms with Gasteiger partial charge in [0.25, 0.3) is 11.6 Å². The van der Waals surface area contributed by atoms with E-state index in [1.165, 1.54) is 0 Å². The molecule has 3 heterocycles. The highest BCUT2D eigenvalue weighted by atomic mass is 16.5. The van der Waals surface area contributed by atoms with Crippen LogP contribution in [0, 0.1) is 20.8 Å². The van der Waals surface area contributed by atoms with Crippen molar-refractivity contribution >= 4 is 23.0 Å². The number of carboxylic acid groups (broad SMARTS) is 1. The normalized spacial score (nSPS) is 12.3. The lowest BCUT2D eigenvalue weighted by Gasteiger charge is -2.14. The maximum Gasteiger partial charge on any atom is 0.326 e. The fourth-order valence-corrected chi connectivity index (χ4v) is 3.08. The van der Waals surface area contributed by atoms with Crippen LogP contribution >= 0.6 is 0 Å². The molecule has 3 aromatic rings. The topological polar surface area (TPSA) is 118 Å². The number of pyridine rings is 1. The van der Waals surface area contributed by atoms with Gasteiger partial charge in [0.2, 0.25) is 0 Å². The Bertz CT molecular complexity index is 1020. The molecular formula is C19H21N3O5. The zero-order chi connectivity index (χ0) is 19.7. The van der Waals surface area contributed by atoms with Crippen LogP contribution in [0.1, 0.15) is 47.3 Å². The average Bonchev–Trinajstić information content (AvgIpc) is 3.15. The van der Waals surface area contributed by atoms with Crippen LogP contribution in [0.4, 0.5) is 0 Å². The number of nitrogens with zero attached hydrogens (tertiary/aromatic N) is 2. The zero-order valence-corrected chi connectivity index (χ0v) is 15.6. The first-order chi connectivity index (χ1) is 12.8. The van der Waals surface area contributed by atoms with Gasteiger partial charge in [-0.3, -0.25) is 4.79 Å². The standard InChI is InChI=1S/C19H21N3O5/c1-5-6-14(19(24)25)20-17(23)13-8-15(12-7-9(2)26-11(12)4)21-18-16(13)10(3)22-27-18/h7-8,14H,5-6H2,1-4H3,(H,20,23)(H,24,25). The van der Waals surface area contributed by atoms with E-state index in [2.05, 4.69) is 15.5 Å². The Kier molecular flexibility index (Phi) is 4.98. The molecule has 142 valence electrons. The van der Waals surface area contributed by atoms with Crippen LogP contribution < -0.4 is 5.32 Å². The number of aliphatic carboxylic acids is 1. The monoisotopic (exact) mass is 371 g/mol. The van der Waals surface area contributed by atoms with E-state index < -0.39 is 17.9 Å². The molecule has 0 saturated carbocycles. The van der Waals surface area contributed by atoms with E-state index in [0.717, 1.165) is 11.3 Å². The third-order valence-electron chi connectivity index (χ3n) is 4.36. The molecule has 27 heavy (non-hydrogen) atoms. The van der Waals surface area contributed by atoms with Gasteiger partial charge in [0.05, 0.1) is 22.3 Å². The van der Waals surface area contributed by atoms with Crippen molar-refractivity contribution in [3.8, 4) is 11.3 Å². The van der Waals surface area contributed by atoms with Crippen molar-refractivity contribution < 1.29 is 23.6 Å². The van der Waals surface area contributed by atoms with Gasteiger partial charge in [0.1, 0.15) is 17.6 Å². The summed E-state index contributed by atoms with van der Waals surface area (Å²) in [7, 11) is 0. The van der Waals surface area contributed by atoms with Crippen LogP contribution in [0.2, 0.25) is 0 Å². The van der Waals surface area contributed by atoms with E-state index >= 15 is 0 Å². The number of carbonyl (C=O) groups is 2. The lowest BCUT2D eigenvalue weighted by Crippen LogP contribution is -2.40. The first-order valence-electron chi connectivity index (χ1n) is 8.70. The summed E-state index contributed by atoms with van der Waals surface area (Å²) in [5, 5.41) is 16.3. The molecule has 0 radical (unpaired) electrons. The molecule has 0 aliphatic rings. The van der Waals surface area contributed by atoms with E-state index in [4.69, 9.17) is 8.94 Å². The van der Waals surface area contributed by atoms with Gasteiger partial charge in [-0.1, -0.05) is 18.5 Å². The fourth-order valence-electron chi connectivity index (χ4n) is 3.08. The van der Waals surface area contributed by atoms with Crippen molar-refractivity contribution in [2.45, 2.75) is 46.6 Å². The molecule has 0 spiro atoms. The minimum atomic E-state index is -1.07. The quantitative estimate of drug-likeness (QED) is 0.681. The molecular weight excluding hydrogens is 350 g/mol. The number of hydrogen-bond donors (Lipinski definition) is 2. The summed E-state index contributed by atoms with van der Waals surface area (Å²) in [6, 6.07) is 2.47. The van der Waals surface area contributed by atoms with E-state index in [1.54, 1.807) is 19.9 Å². The van der Waals surface area contributed by atoms with Crippen LogP contribution in [0.15, 0.2) is 21.1 Å². The van der Waals surface area contributed by atoms with Crippen LogP contribution in [0.5, 0.6) is 0 Å². The number of hydrogen-bond acceptors (Lipinski definition) is 6. The minimum absolute atomic E-state index is 0.218. The molecule has 0 aromatic carbocycles. The predicted molar refractivity (Wildman–Crippen MR) is 97.5 cm³/mol. The molecule has 8 nitrogen and oxygen atoms in total. The Hall–Kier alpha value is -3.16. The number of amides is 1. The summed E-state index contributed by atoms with van der Waals surface area (Å²) >= 11 is 0. The zero-order valence-electron chi connectivity index (χ0n) is 15.6. The molecule has 0 aliphatic carbocycles. The van der Waals surface area contributed by atoms with Gasteiger partial charge >= 0.3 is 5.97 Å². The van der Waals surface area contributed by atoms with Crippen molar-refractivity contribution in [1.82, 2.24) is 15.5 Å². The Labute approximate surface area is 155 Å². The molecule has 2 N–H and O–H groups in total. The second-order valence-corrected chi connectivity index (χ2v) is 6.48. The van der Waals surface area contributed by atoms with Crippen molar-refractivity contribution in [1.29, 1.82) is 0 Å². The van der Waals surface area contributed by atoms with Crippen molar-refractivity contribution in [3.05, 3.63) is 34.9 Å². The third kappa shape index (κ3) is 3.55. The third-order valence-corrected chi connectivity index (χ3v) is 4.36. The minimum Gasteiger partial charge on any atom is -0.480 e. The van der Waals surface area contributed by atoms with Gasteiger partial charge in [-0.2, -0.15) is 0 Å². The van der Waals surface area contributed by atoms with Gasteiger partial charge in [-0.25, -0.2) is 9.78 Å². The fraction of sp³-hybridized carbons (Fsp3) is 0.368. The summed E-state index contributed by atoms with van der Waals surface area (Å²) in [6.45, 7) is 7.20. The number of fused-ring (bicyclic) bond motifs is 1. The predicted octanol–water partition coefficient (Wildman–Crippen LogP) is 3.39. The largest absolute Gasteiger partial charge is 0.480 e. The Morgan fingerprint density at radius 2 is 2.00 bits per heavy atom. The number of nitrogens with one attached hydrogen (secondary N) is 1. The number of rotatable bonds is 6. The Balaban J connectivity index is 2.10. The van der Waals surface area contributed by atoms with Gasteiger partial charge in [-0.15, -0.1) is 0 Å².